The molecule has 3 aromatic heterocycles. The first-order chi connectivity index (χ1) is 11.9. The highest BCUT2D eigenvalue weighted by atomic mass is 16.3. The number of nitrogens with zero attached hydrogens (tertiary/aromatic N) is 3. The quantitative estimate of drug-likeness (QED) is 0.595. The van der Waals surface area contributed by atoms with Gasteiger partial charge in [-0.25, -0.2) is 9.97 Å². The minimum Gasteiger partial charge on any atom is -0.386 e. The summed E-state index contributed by atoms with van der Waals surface area (Å²) in [6, 6.07) is 8.06. The summed E-state index contributed by atoms with van der Waals surface area (Å²) in [7, 11) is 0. The highest BCUT2D eigenvalue weighted by molar-refractivity contribution is 5.87. The number of aliphatic hydroxyl groups is 1. The van der Waals surface area contributed by atoms with Crippen LogP contribution in [0.25, 0.3) is 27.9 Å². The topological polar surface area (TPSA) is 66.2 Å². The highest BCUT2D eigenvalue weighted by Gasteiger charge is 2.19. The maximum atomic E-state index is 10.2. The van der Waals surface area contributed by atoms with Crippen molar-refractivity contribution in [3.05, 3.63) is 53.6 Å². The van der Waals surface area contributed by atoms with Crippen LogP contribution in [0.15, 0.2) is 36.7 Å². The Morgan fingerprint density at radius 1 is 1.12 bits per heavy atom. The normalized spacial score (nSPS) is 12.4. The van der Waals surface area contributed by atoms with Crippen LogP contribution in [0.5, 0.6) is 0 Å². The molecule has 0 atom stereocenters. The molecule has 0 bridgehead atoms. The molecule has 0 amide bonds. The standard InChI is InChI=1S/C20H22N4O/c1-5-16-17(13-6-8-14(9-7-13)20(3,4)25)23-19-18(16)24-12(2)21-10-15(24)11-22-19/h6-11,23,25H,5H2,1-4H3. The van der Waals surface area contributed by atoms with Crippen LogP contribution in [-0.4, -0.2) is 24.5 Å². The van der Waals surface area contributed by atoms with Gasteiger partial charge in [0.2, 0.25) is 0 Å². The molecule has 3 heterocycles. The van der Waals surface area contributed by atoms with E-state index in [0.29, 0.717) is 0 Å². The molecule has 5 nitrogen and oxygen atoms in total. The summed E-state index contributed by atoms with van der Waals surface area (Å²) >= 11 is 0. The third-order valence-electron chi connectivity index (χ3n) is 4.80. The zero-order valence-electron chi connectivity index (χ0n) is 15.0. The minimum absolute atomic E-state index is 0.839. The SMILES string of the molecule is CCc1c(-c2ccc(C(C)(C)O)cc2)[nH]c2ncc3cnc(C)n3c12. The zero-order valence-corrected chi connectivity index (χ0v) is 15.0. The smallest absolute Gasteiger partial charge is 0.155 e. The average molecular weight is 334 g/mol. The number of rotatable bonds is 3. The largest absolute Gasteiger partial charge is 0.386 e. The lowest BCUT2D eigenvalue weighted by molar-refractivity contribution is 0.0786. The maximum absolute atomic E-state index is 10.2. The van der Waals surface area contributed by atoms with Gasteiger partial charge in [0.25, 0.3) is 0 Å². The van der Waals surface area contributed by atoms with Gasteiger partial charge in [0.1, 0.15) is 5.82 Å². The molecule has 0 spiro atoms. The molecule has 1 aromatic carbocycles. The molecule has 0 saturated heterocycles. The fourth-order valence-corrected chi connectivity index (χ4v) is 3.46. The van der Waals surface area contributed by atoms with E-state index >= 15 is 0 Å². The monoisotopic (exact) mass is 334 g/mol. The molecule has 0 aliphatic carbocycles. The Hall–Kier alpha value is -2.66. The van der Waals surface area contributed by atoms with E-state index in [9.17, 15) is 5.11 Å². The van der Waals surface area contributed by atoms with Gasteiger partial charge in [-0.2, -0.15) is 0 Å². The maximum Gasteiger partial charge on any atom is 0.155 e. The first-order valence-corrected chi connectivity index (χ1v) is 8.57. The van der Waals surface area contributed by atoms with Gasteiger partial charge in [-0.15, -0.1) is 0 Å². The number of aromatic nitrogens is 4. The van der Waals surface area contributed by atoms with Crippen molar-refractivity contribution in [1.29, 1.82) is 0 Å². The predicted molar refractivity (Wildman–Crippen MR) is 99.6 cm³/mol. The highest BCUT2D eigenvalue weighted by Crippen LogP contribution is 2.32. The van der Waals surface area contributed by atoms with E-state index in [4.69, 9.17) is 0 Å². The third-order valence-corrected chi connectivity index (χ3v) is 4.80. The van der Waals surface area contributed by atoms with Crippen LogP contribution in [0, 0.1) is 6.92 Å². The Balaban J connectivity index is 1.96. The molecule has 2 N–H and O–H groups in total. The summed E-state index contributed by atoms with van der Waals surface area (Å²) in [6.07, 6.45) is 4.59. The minimum atomic E-state index is -0.839. The molecule has 0 unspecified atom stereocenters. The lowest BCUT2D eigenvalue weighted by Crippen LogP contribution is -2.14. The molecule has 5 heteroatoms. The molecule has 0 aliphatic heterocycles. The Morgan fingerprint density at radius 3 is 2.44 bits per heavy atom. The van der Waals surface area contributed by atoms with Crippen LogP contribution in [0.4, 0.5) is 0 Å². The zero-order chi connectivity index (χ0) is 17.8. The molecule has 128 valence electrons. The summed E-state index contributed by atoms with van der Waals surface area (Å²) in [5, 5.41) is 10.2. The Labute approximate surface area is 146 Å². The molecular weight excluding hydrogens is 312 g/mol. The van der Waals surface area contributed by atoms with Crippen LogP contribution < -0.4 is 0 Å². The summed E-state index contributed by atoms with van der Waals surface area (Å²) in [6.45, 7) is 7.76. The van der Waals surface area contributed by atoms with E-state index < -0.39 is 5.60 Å². The predicted octanol–water partition coefficient (Wildman–Crippen LogP) is 3.98. The second-order valence-corrected chi connectivity index (χ2v) is 6.99. The number of fused-ring (bicyclic) bond motifs is 3. The lowest BCUT2D eigenvalue weighted by Gasteiger charge is -2.17. The van der Waals surface area contributed by atoms with E-state index in [1.807, 2.05) is 31.5 Å². The number of nitrogens with one attached hydrogen (secondary N) is 1. The van der Waals surface area contributed by atoms with Gasteiger partial charge in [0, 0.05) is 5.56 Å². The van der Waals surface area contributed by atoms with Crippen molar-refractivity contribution in [3.63, 3.8) is 0 Å². The molecule has 4 rings (SSSR count). The van der Waals surface area contributed by atoms with Gasteiger partial charge in [-0.3, -0.25) is 4.40 Å². The number of aromatic amines is 1. The summed E-state index contributed by atoms with van der Waals surface area (Å²) < 4.78 is 2.16. The van der Waals surface area contributed by atoms with Crippen molar-refractivity contribution in [2.24, 2.45) is 0 Å². The van der Waals surface area contributed by atoms with Crippen LogP contribution in [0.2, 0.25) is 0 Å². The van der Waals surface area contributed by atoms with Crippen LogP contribution in [-0.2, 0) is 12.0 Å². The Kier molecular flexibility index (Phi) is 3.44. The van der Waals surface area contributed by atoms with Crippen molar-refractivity contribution in [1.82, 2.24) is 19.4 Å². The molecule has 0 saturated carbocycles. The first-order valence-electron chi connectivity index (χ1n) is 8.57. The van der Waals surface area contributed by atoms with Gasteiger partial charge in [-0.1, -0.05) is 31.2 Å². The number of hydrogen-bond donors (Lipinski definition) is 2. The fourth-order valence-electron chi connectivity index (χ4n) is 3.46. The van der Waals surface area contributed by atoms with Crippen LogP contribution in [0.1, 0.15) is 37.7 Å². The Morgan fingerprint density at radius 2 is 1.80 bits per heavy atom. The van der Waals surface area contributed by atoms with Crippen molar-refractivity contribution >= 4 is 16.7 Å². The second-order valence-electron chi connectivity index (χ2n) is 6.99. The summed E-state index contributed by atoms with van der Waals surface area (Å²) in [5.41, 5.74) is 6.42. The Bertz CT molecular complexity index is 1070. The second kappa shape index (κ2) is 5.43. The van der Waals surface area contributed by atoms with E-state index in [-0.39, 0.29) is 0 Å². The van der Waals surface area contributed by atoms with E-state index in [1.165, 1.54) is 5.56 Å². The molecule has 4 aromatic rings. The van der Waals surface area contributed by atoms with E-state index in [0.717, 1.165) is 45.7 Å². The molecule has 25 heavy (non-hydrogen) atoms. The molecule has 0 radical (unpaired) electrons. The number of H-pyrrole nitrogens is 1. The van der Waals surface area contributed by atoms with E-state index in [2.05, 4.69) is 38.4 Å². The molecule has 0 fully saturated rings. The van der Waals surface area contributed by atoms with Crippen molar-refractivity contribution < 1.29 is 5.11 Å². The third kappa shape index (κ3) is 2.43. The van der Waals surface area contributed by atoms with Gasteiger partial charge < -0.3 is 10.1 Å². The van der Waals surface area contributed by atoms with Gasteiger partial charge in [0.15, 0.2) is 5.65 Å². The number of imidazole rings is 1. The average Bonchev–Trinajstić information content (AvgIpc) is 3.14. The van der Waals surface area contributed by atoms with Crippen LogP contribution in [0.3, 0.4) is 0 Å². The number of benzene rings is 1. The lowest BCUT2D eigenvalue weighted by atomic mass is 9.96. The van der Waals surface area contributed by atoms with Crippen molar-refractivity contribution in [3.8, 4) is 11.3 Å². The molecule has 0 aliphatic rings. The molecular formula is C20H22N4O. The van der Waals surface area contributed by atoms with Crippen molar-refractivity contribution in [2.45, 2.75) is 39.7 Å². The van der Waals surface area contributed by atoms with Crippen LogP contribution >= 0.6 is 0 Å². The number of hydrogen-bond acceptors (Lipinski definition) is 3. The van der Waals surface area contributed by atoms with Gasteiger partial charge >= 0.3 is 0 Å². The van der Waals surface area contributed by atoms with E-state index in [1.54, 1.807) is 13.8 Å². The first kappa shape index (κ1) is 15.8. The van der Waals surface area contributed by atoms with Crippen molar-refractivity contribution in [2.75, 3.05) is 0 Å². The fraction of sp³-hybridized carbons (Fsp3) is 0.300. The summed E-state index contributed by atoms with van der Waals surface area (Å²) in [5.74, 6) is 0.958. The number of aryl methyl sites for hydroxylation is 2. The van der Waals surface area contributed by atoms with Gasteiger partial charge in [0.05, 0.1) is 34.7 Å². The summed E-state index contributed by atoms with van der Waals surface area (Å²) in [4.78, 5) is 12.5. The van der Waals surface area contributed by atoms with Gasteiger partial charge in [-0.05, 0) is 38.3 Å².